The molecule has 0 radical (unpaired) electrons. The zero-order valence-electron chi connectivity index (χ0n) is 16.3. The monoisotopic (exact) mass is 384 g/mol. The molecule has 0 saturated carbocycles. The van der Waals surface area contributed by atoms with Crippen LogP contribution in [0.1, 0.15) is 17.2 Å². The highest BCUT2D eigenvalue weighted by molar-refractivity contribution is 6.39. The van der Waals surface area contributed by atoms with Crippen molar-refractivity contribution < 1.29 is 14.0 Å². The Morgan fingerprint density at radius 3 is 2.68 bits per heavy atom. The molecule has 148 valence electrons. The number of halogens is 1. The van der Waals surface area contributed by atoms with E-state index in [2.05, 4.69) is 40.8 Å². The molecule has 2 aromatic carbocycles. The predicted molar refractivity (Wildman–Crippen MR) is 108 cm³/mol. The van der Waals surface area contributed by atoms with Gasteiger partial charge < -0.3 is 20.4 Å². The van der Waals surface area contributed by atoms with Crippen LogP contribution in [-0.4, -0.2) is 50.9 Å². The Kier molecular flexibility index (Phi) is 5.94. The van der Waals surface area contributed by atoms with E-state index in [1.54, 1.807) is 0 Å². The SMILES string of the molecule is CN1CCc2cc([C@H](CNC(=O)C(=O)Nc3cccc(F)c3)N(C)C)ccc21. The molecule has 2 N–H and O–H groups in total. The van der Waals surface area contributed by atoms with E-state index in [1.807, 2.05) is 19.0 Å². The van der Waals surface area contributed by atoms with Gasteiger partial charge in [0.25, 0.3) is 0 Å². The molecule has 1 heterocycles. The fourth-order valence-electron chi connectivity index (χ4n) is 3.42. The topological polar surface area (TPSA) is 64.7 Å². The lowest BCUT2D eigenvalue weighted by Crippen LogP contribution is -2.40. The van der Waals surface area contributed by atoms with Gasteiger partial charge >= 0.3 is 11.8 Å². The van der Waals surface area contributed by atoms with Crippen LogP contribution in [0, 0.1) is 5.82 Å². The van der Waals surface area contributed by atoms with Crippen LogP contribution < -0.4 is 15.5 Å². The number of benzene rings is 2. The second-order valence-corrected chi connectivity index (χ2v) is 7.21. The van der Waals surface area contributed by atoms with Gasteiger partial charge in [-0.25, -0.2) is 4.39 Å². The van der Waals surface area contributed by atoms with Gasteiger partial charge in [0.05, 0.1) is 6.04 Å². The van der Waals surface area contributed by atoms with Gasteiger partial charge in [-0.1, -0.05) is 18.2 Å². The first kappa shape index (κ1) is 19.8. The number of hydrogen-bond acceptors (Lipinski definition) is 4. The van der Waals surface area contributed by atoms with Crippen molar-refractivity contribution in [2.45, 2.75) is 12.5 Å². The van der Waals surface area contributed by atoms with E-state index in [-0.39, 0.29) is 18.3 Å². The van der Waals surface area contributed by atoms with Crippen molar-refractivity contribution in [2.75, 3.05) is 44.4 Å². The van der Waals surface area contributed by atoms with Crippen LogP contribution in [0.25, 0.3) is 0 Å². The Labute approximate surface area is 164 Å². The number of anilines is 2. The van der Waals surface area contributed by atoms with Crippen LogP contribution in [-0.2, 0) is 16.0 Å². The summed E-state index contributed by atoms with van der Waals surface area (Å²) in [5, 5.41) is 5.08. The van der Waals surface area contributed by atoms with Crippen molar-refractivity contribution in [3.8, 4) is 0 Å². The molecule has 0 bridgehead atoms. The number of nitrogens with one attached hydrogen (secondary N) is 2. The third-order valence-electron chi connectivity index (χ3n) is 4.98. The predicted octanol–water partition coefficient (Wildman–Crippen LogP) is 2.18. The maximum atomic E-state index is 13.2. The number of carbonyl (C=O) groups excluding carboxylic acids is 2. The van der Waals surface area contributed by atoms with Crippen molar-refractivity contribution >= 4 is 23.2 Å². The Balaban J connectivity index is 1.63. The summed E-state index contributed by atoms with van der Waals surface area (Å²) in [7, 11) is 5.94. The minimum Gasteiger partial charge on any atom is -0.374 e. The third-order valence-corrected chi connectivity index (χ3v) is 4.98. The molecule has 3 rings (SSSR count). The van der Waals surface area contributed by atoms with Crippen LogP contribution in [0.5, 0.6) is 0 Å². The zero-order valence-corrected chi connectivity index (χ0v) is 16.3. The fraction of sp³-hybridized carbons (Fsp3) is 0.333. The summed E-state index contributed by atoms with van der Waals surface area (Å²) in [6, 6.07) is 11.7. The van der Waals surface area contributed by atoms with Gasteiger partial charge in [0.2, 0.25) is 0 Å². The number of amides is 2. The number of fused-ring (bicyclic) bond motifs is 1. The smallest absolute Gasteiger partial charge is 0.313 e. The molecule has 0 aliphatic carbocycles. The van der Waals surface area contributed by atoms with Crippen molar-refractivity contribution in [3.05, 3.63) is 59.4 Å². The van der Waals surface area contributed by atoms with Crippen LogP contribution in [0.2, 0.25) is 0 Å². The molecule has 0 spiro atoms. The highest BCUT2D eigenvalue weighted by Gasteiger charge is 2.22. The molecule has 0 aromatic heterocycles. The number of likely N-dealkylation sites (N-methyl/N-ethyl adjacent to an activating group) is 2. The summed E-state index contributed by atoms with van der Waals surface area (Å²) in [6.07, 6.45) is 1.00. The van der Waals surface area contributed by atoms with Gasteiger partial charge in [0.1, 0.15) is 5.82 Å². The molecule has 0 unspecified atom stereocenters. The average molecular weight is 384 g/mol. The van der Waals surface area contributed by atoms with Gasteiger partial charge in [0, 0.05) is 31.5 Å². The summed E-state index contributed by atoms with van der Waals surface area (Å²) < 4.78 is 13.2. The molecule has 7 heteroatoms. The molecule has 1 aliphatic rings. The summed E-state index contributed by atoms with van der Waals surface area (Å²) >= 11 is 0. The summed E-state index contributed by atoms with van der Waals surface area (Å²) in [4.78, 5) is 28.5. The first-order valence-corrected chi connectivity index (χ1v) is 9.20. The molecule has 1 aliphatic heterocycles. The van der Waals surface area contributed by atoms with Crippen molar-refractivity contribution in [3.63, 3.8) is 0 Å². The lowest BCUT2D eigenvalue weighted by Gasteiger charge is -2.26. The molecule has 1 atom stereocenters. The van der Waals surface area contributed by atoms with E-state index in [4.69, 9.17) is 0 Å². The van der Waals surface area contributed by atoms with E-state index in [0.29, 0.717) is 0 Å². The Morgan fingerprint density at radius 2 is 1.96 bits per heavy atom. The Hall–Kier alpha value is -2.93. The molecule has 0 fully saturated rings. The summed E-state index contributed by atoms with van der Waals surface area (Å²) in [5.41, 5.74) is 3.86. The lowest BCUT2D eigenvalue weighted by molar-refractivity contribution is -0.136. The molecule has 2 amide bonds. The van der Waals surface area contributed by atoms with E-state index in [1.165, 1.54) is 29.4 Å². The van der Waals surface area contributed by atoms with Gasteiger partial charge in [-0.05, 0) is 55.9 Å². The second-order valence-electron chi connectivity index (χ2n) is 7.21. The average Bonchev–Trinajstić information content (AvgIpc) is 3.02. The molecular weight excluding hydrogens is 359 g/mol. The van der Waals surface area contributed by atoms with E-state index >= 15 is 0 Å². The number of hydrogen-bond donors (Lipinski definition) is 2. The van der Waals surface area contributed by atoms with Crippen molar-refractivity contribution in [1.82, 2.24) is 10.2 Å². The quantitative estimate of drug-likeness (QED) is 0.776. The van der Waals surface area contributed by atoms with Crippen LogP contribution in [0.15, 0.2) is 42.5 Å². The summed E-state index contributed by atoms with van der Waals surface area (Å²) in [5.74, 6) is -2.05. The highest BCUT2D eigenvalue weighted by atomic mass is 19.1. The zero-order chi connectivity index (χ0) is 20.3. The van der Waals surface area contributed by atoms with Crippen LogP contribution in [0.3, 0.4) is 0 Å². The van der Waals surface area contributed by atoms with Crippen molar-refractivity contribution in [1.29, 1.82) is 0 Å². The Morgan fingerprint density at radius 1 is 1.18 bits per heavy atom. The largest absolute Gasteiger partial charge is 0.374 e. The number of nitrogens with zero attached hydrogens (tertiary/aromatic N) is 2. The van der Waals surface area contributed by atoms with E-state index < -0.39 is 17.6 Å². The number of rotatable bonds is 5. The maximum Gasteiger partial charge on any atom is 0.313 e. The second kappa shape index (κ2) is 8.39. The number of carbonyl (C=O) groups is 2. The van der Waals surface area contributed by atoms with Crippen LogP contribution in [0.4, 0.5) is 15.8 Å². The molecule has 0 saturated heterocycles. The van der Waals surface area contributed by atoms with E-state index in [9.17, 15) is 14.0 Å². The minimum absolute atomic E-state index is 0.0675. The third kappa shape index (κ3) is 4.48. The molecule has 6 nitrogen and oxygen atoms in total. The van der Waals surface area contributed by atoms with Crippen molar-refractivity contribution in [2.24, 2.45) is 0 Å². The lowest BCUT2D eigenvalue weighted by atomic mass is 10.0. The first-order valence-electron chi connectivity index (χ1n) is 9.20. The van der Waals surface area contributed by atoms with Gasteiger partial charge in [-0.3, -0.25) is 9.59 Å². The molecule has 28 heavy (non-hydrogen) atoms. The minimum atomic E-state index is -0.821. The first-order chi connectivity index (χ1) is 13.3. The Bertz CT molecular complexity index is 884. The molecule has 2 aromatic rings. The standard InChI is InChI=1S/C21H25FN4O2/c1-25(2)19(14-7-8-18-15(11-14)9-10-26(18)3)13-23-20(27)21(28)24-17-6-4-5-16(22)12-17/h4-8,11-12,19H,9-10,13H2,1-3H3,(H,23,27)(H,24,28)/t19-/m0/s1. The maximum absolute atomic E-state index is 13.2. The van der Waals surface area contributed by atoms with Gasteiger partial charge in [0.15, 0.2) is 0 Å². The molecular formula is C21H25FN4O2. The fourth-order valence-corrected chi connectivity index (χ4v) is 3.42. The van der Waals surface area contributed by atoms with E-state index in [0.717, 1.165) is 24.6 Å². The van der Waals surface area contributed by atoms with Crippen LogP contribution >= 0.6 is 0 Å². The van der Waals surface area contributed by atoms with Gasteiger partial charge in [-0.15, -0.1) is 0 Å². The van der Waals surface area contributed by atoms with Gasteiger partial charge in [-0.2, -0.15) is 0 Å². The highest BCUT2D eigenvalue weighted by Crippen LogP contribution is 2.30. The summed E-state index contributed by atoms with van der Waals surface area (Å²) in [6.45, 7) is 1.29. The normalized spacial score (nSPS) is 14.0.